The summed E-state index contributed by atoms with van der Waals surface area (Å²) < 4.78 is 6.62. The number of nitrogens with one attached hydrogen (secondary N) is 1. The number of hydrogen-bond donors (Lipinski definition) is 1. The van der Waals surface area contributed by atoms with Crippen LogP contribution in [0.25, 0.3) is 0 Å². The molecule has 0 aromatic heterocycles. The van der Waals surface area contributed by atoms with Gasteiger partial charge < -0.3 is 15.0 Å². The molecule has 1 saturated heterocycles. The largest absolute Gasteiger partial charge is 0.481 e. The fraction of sp³-hybridized carbons (Fsp3) is 0.300. The Hall–Kier alpha value is -2.34. The number of hydrogen-bond acceptors (Lipinski definition) is 3. The van der Waals surface area contributed by atoms with E-state index in [9.17, 15) is 9.59 Å². The number of nitrogens with zero attached hydrogens (tertiary/aromatic N) is 1. The minimum atomic E-state index is -0.689. The molecule has 136 valence electrons. The molecule has 0 unspecified atom stereocenters. The van der Waals surface area contributed by atoms with Crippen LogP contribution in [0, 0.1) is 0 Å². The fourth-order valence-electron chi connectivity index (χ4n) is 2.87. The van der Waals surface area contributed by atoms with Crippen molar-refractivity contribution in [2.24, 2.45) is 0 Å². The summed E-state index contributed by atoms with van der Waals surface area (Å²) in [5.41, 5.74) is 1.03. The van der Waals surface area contributed by atoms with Gasteiger partial charge in [0.2, 0.25) is 0 Å². The maximum Gasteiger partial charge on any atom is 0.265 e. The molecule has 5 nitrogen and oxygen atoms in total. The summed E-state index contributed by atoms with van der Waals surface area (Å²) >= 11 is 3.36. The van der Waals surface area contributed by atoms with Crippen molar-refractivity contribution in [3.05, 3.63) is 58.6 Å². The molecule has 0 radical (unpaired) electrons. The lowest BCUT2D eigenvalue weighted by atomic mass is 10.1. The van der Waals surface area contributed by atoms with E-state index in [4.69, 9.17) is 4.74 Å². The summed E-state index contributed by atoms with van der Waals surface area (Å²) in [7, 11) is 0. The molecule has 0 bridgehead atoms. The van der Waals surface area contributed by atoms with Gasteiger partial charge in [0.1, 0.15) is 5.75 Å². The summed E-state index contributed by atoms with van der Waals surface area (Å²) in [6.07, 6.45) is 1.36. The Labute approximate surface area is 161 Å². The summed E-state index contributed by atoms with van der Waals surface area (Å²) in [5.74, 6) is 0.270. The first kappa shape index (κ1) is 18.5. The van der Waals surface area contributed by atoms with E-state index in [0.29, 0.717) is 17.0 Å². The molecule has 0 saturated carbocycles. The van der Waals surface area contributed by atoms with Gasteiger partial charge in [0, 0.05) is 17.6 Å². The highest BCUT2D eigenvalue weighted by Gasteiger charge is 2.23. The molecule has 1 fully saturated rings. The van der Waals surface area contributed by atoms with E-state index < -0.39 is 6.10 Å². The SMILES string of the molecule is C[C@H](Oc1ccc(Br)cc1)C(=O)Nc1ccccc1C(=O)N1CCCC1. The molecule has 1 heterocycles. The Morgan fingerprint density at radius 3 is 2.42 bits per heavy atom. The van der Waals surface area contributed by atoms with Gasteiger partial charge in [0.25, 0.3) is 11.8 Å². The van der Waals surface area contributed by atoms with E-state index in [-0.39, 0.29) is 11.8 Å². The molecule has 2 aromatic carbocycles. The Bertz CT molecular complexity index is 786. The standard InChI is InChI=1S/C20H21BrN2O3/c1-14(26-16-10-8-15(21)9-11-16)19(24)22-18-7-3-2-6-17(18)20(25)23-12-4-5-13-23/h2-3,6-11,14H,4-5,12-13H2,1H3,(H,22,24)/t14-/m0/s1. The van der Waals surface area contributed by atoms with E-state index >= 15 is 0 Å². The molecule has 6 heteroatoms. The van der Waals surface area contributed by atoms with Crippen molar-refractivity contribution in [3.8, 4) is 5.75 Å². The summed E-state index contributed by atoms with van der Waals surface area (Å²) in [6, 6.07) is 14.4. The van der Waals surface area contributed by atoms with Gasteiger partial charge in [-0.3, -0.25) is 9.59 Å². The van der Waals surface area contributed by atoms with Crippen LogP contribution in [0.15, 0.2) is 53.0 Å². The van der Waals surface area contributed by atoms with Gasteiger partial charge in [0.05, 0.1) is 11.3 Å². The average molecular weight is 417 g/mol. The number of amides is 2. The van der Waals surface area contributed by atoms with E-state index in [0.717, 1.165) is 30.4 Å². The smallest absolute Gasteiger partial charge is 0.265 e. The number of halogens is 1. The van der Waals surface area contributed by atoms with Gasteiger partial charge in [0.15, 0.2) is 6.10 Å². The lowest BCUT2D eigenvalue weighted by molar-refractivity contribution is -0.122. The van der Waals surface area contributed by atoms with Crippen molar-refractivity contribution >= 4 is 33.4 Å². The van der Waals surface area contributed by atoms with Crippen LogP contribution in [0.5, 0.6) is 5.75 Å². The van der Waals surface area contributed by atoms with Crippen LogP contribution in [0.3, 0.4) is 0 Å². The second kappa shape index (κ2) is 8.36. The van der Waals surface area contributed by atoms with Crippen LogP contribution in [-0.2, 0) is 4.79 Å². The minimum Gasteiger partial charge on any atom is -0.481 e. The molecule has 0 aliphatic carbocycles. The third-order valence-electron chi connectivity index (χ3n) is 4.30. The highest BCUT2D eigenvalue weighted by atomic mass is 79.9. The van der Waals surface area contributed by atoms with Crippen LogP contribution in [0.4, 0.5) is 5.69 Å². The number of likely N-dealkylation sites (tertiary alicyclic amines) is 1. The number of benzene rings is 2. The molecule has 1 aliphatic heterocycles. The average Bonchev–Trinajstić information content (AvgIpc) is 3.18. The van der Waals surface area contributed by atoms with Gasteiger partial charge >= 0.3 is 0 Å². The second-order valence-electron chi connectivity index (χ2n) is 6.25. The van der Waals surface area contributed by atoms with E-state index in [1.165, 1.54) is 0 Å². The van der Waals surface area contributed by atoms with Gasteiger partial charge in [-0.05, 0) is 56.2 Å². The van der Waals surface area contributed by atoms with Gasteiger partial charge in [-0.1, -0.05) is 28.1 Å². The Morgan fingerprint density at radius 1 is 1.08 bits per heavy atom. The number of rotatable bonds is 5. The van der Waals surface area contributed by atoms with Crippen LogP contribution in [0.1, 0.15) is 30.1 Å². The predicted octanol–water partition coefficient (Wildman–Crippen LogP) is 4.09. The lowest BCUT2D eigenvalue weighted by Gasteiger charge is -2.19. The topological polar surface area (TPSA) is 58.6 Å². The first-order valence-corrected chi connectivity index (χ1v) is 9.45. The first-order chi connectivity index (χ1) is 12.5. The molecule has 0 spiro atoms. The Balaban J connectivity index is 1.68. The molecule has 2 aromatic rings. The number of carbonyl (C=O) groups excluding carboxylic acids is 2. The number of ether oxygens (including phenoxy) is 1. The first-order valence-electron chi connectivity index (χ1n) is 8.66. The maximum atomic E-state index is 12.7. The molecule has 1 atom stereocenters. The third-order valence-corrected chi connectivity index (χ3v) is 4.83. The number of para-hydroxylation sites is 1. The van der Waals surface area contributed by atoms with Crippen molar-refractivity contribution in [1.29, 1.82) is 0 Å². The zero-order valence-electron chi connectivity index (χ0n) is 14.6. The van der Waals surface area contributed by atoms with Gasteiger partial charge in [-0.15, -0.1) is 0 Å². The molecular weight excluding hydrogens is 396 g/mol. The van der Waals surface area contributed by atoms with Crippen molar-refractivity contribution in [3.63, 3.8) is 0 Å². The lowest BCUT2D eigenvalue weighted by Crippen LogP contribution is -2.32. The van der Waals surface area contributed by atoms with Crippen molar-refractivity contribution in [2.45, 2.75) is 25.9 Å². The van der Waals surface area contributed by atoms with E-state index in [1.54, 1.807) is 43.3 Å². The third kappa shape index (κ3) is 4.43. The zero-order valence-corrected chi connectivity index (χ0v) is 16.2. The number of anilines is 1. The summed E-state index contributed by atoms with van der Waals surface area (Å²) in [6.45, 7) is 3.22. The zero-order chi connectivity index (χ0) is 18.5. The summed E-state index contributed by atoms with van der Waals surface area (Å²) in [5, 5.41) is 2.83. The minimum absolute atomic E-state index is 0.0418. The van der Waals surface area contributed by atoms with E-state index in [2.05, 4.69) is 21.2 Å². The normalized spacial score (nSPS) is 14.8. The quantitative estimate of drug-likeness (QED) is 0.798. The molecule has 1 N–H and O–H groups in total. The highest BCUT2D eigenvalue weighted by molar-refractivity contribution is 9.10. The van der Waals surface area contributed by atoms with Gasteiger partial charge in [-0.25, -0.2) is 0 Å². The molecule has 2 amide bonds. The molecular formula is C20H21BrN2O3. The fourth-order valence-corrected chi connectivity index (χ4v) is 3.14. The molecule has 3 rings (SSSR count). The van der Waals surface area contributed by atoms with Crippen LogP contribution in [0.2, 0.25) is 0 Å². The summed E-state index contributed by atoms with van der Waals surface area (Å²) in [4.78, 5) is 27.0. The van der Waals surface area contributed by atoms with Crippen molar-refractivity contribution < 1.29 is 14.3 Å². The molecule has 26 heavy (non-hydrogen) atoms. The van der Waals surface area contributed by atoms with Crippen LogP contribution < -0.4 is 10.1 Å². The van der Waals surface area contributed by atoms with Crippen molar-refractivity contribution in [1.82, 2.24) is 4.90 Å². The second-order valence-corrected chi connectivity index (χ2v) is 7.16. The predicted molar refractivity (Wildman–Crippen MR) is 104 cm³/mol. The van der Waals surface area contributed by atoms with Gasteiger partial charge in [-0.2, -0.15) is 0 Å². The van der Waals surface area contributed by atoms with E-state index in [1.807, 2.05) is 17.0 Å². The monoisotopic (exact) mass is 416 g/mol. The molecule has 1 aliphatic rings. The Morgan fingerprint density at radius 2 is 1.73 bits per heavy atom. The van der Waals surface area contributed by atoms with Crippen LogP contribution >= 0.6 is 15.9 Å². The maximum absolute atomic E-state index is 12.7. The Kier molecular flexibility index (Phi) is 5.93. The highest BCUT2D eigenvalue weighted by Crippen LogP contribution is 2.21. The number of carbonyl (C=O) groups is 2. The van der Waals surface area contributed by atoms with Crippen molar-refractivity contribution in [2.75, 3.05) is 18.4 Å². The van der Waals surface area contributed by atoms with Crippen LogP contribution in [-0.4, -0.2) is 35.9 Å².